The number of fused-ring (bicyclic) bond motifs is 3. The van der Waals surface area contributed by atoms with Crippen LogP contribution in [0.5, 0.6) is 0 Å². The molecule has 2 aliphatic rings. The highest BCUT2D eigenvalue weighted by Crippen LogP contribution is 2.51. The highest BCUT2D eigenvalue weighted by Gasteiger charge is 2.49. The molecule has 0 N–H and O–H groups in total. The Labute approximate surface area is 139 Å². The molecule has 1 aromatic carbocycles. The Morgan fingerprint density at radius 1 is 1.17 bits per heavy atom. The van der Waals surface area contributed by atoms with Gasteiger partial charge < -0.3 is 9.47 Å². The minimum atomic E-state index is 0.174. The van der Waals surface area contributed by atoms with Crippen molar-refractivity contribution in [3.63, 3.8) is 0 Å². The first-order valence-electron chi connectivity index (χ1n) is 8.67. The topological polar surface area (TPSA) is 21.1 Å². The maximum Gasteiger partial charge on any atom is 0.117 e. The molecular weight excluding hydrogens is 282 g/mol. The summed E-state index contributed by atoms with van der Waals surface area (Å²) in [6, 6.07) is 5.05. The van der Waals surface area contributed by atoms with Crippen LogP contribution in [-0.2, 0) is 6.42 Å². The summed E-state index contributed by atoms with van der Waals surface area (Å²) in [7, 11) is 0. The predicted molar refractivity (Wildman–Crippen MR) is 95.5 cm³/mol. The molecule has 1 saturated heterocycles. The summed E-state index contributed by atoms with van der Waals surface area (Å²) in [5.41, 5.74) is 6.08. The van der Waals surface area contributed by atoms with Gasteiger partial charge in [-0.1, -0.05) is 19.9 Å². The molecule has 4 rings (SSSR count). The summed E-state index contributed by atoms with van der Waals surface area (Å²) in [5.74, 6) is 1.16. The van der Waals surface area contributed by atoms with Gasteiger partial charge in [-0.15, -0.1) is 0 Å². The Bertz CT molecular complexity index is 782. The Hall–Kier alpha value is -1.77. The zero-order valence-corrected chi connectivity index (χ0v) is 15.1. The van der Waals surface area contributed by atoms with E-state index < -0.39 is 0 Å². The van der Waals surface area contributed by atoms with Gasteiger partial charge in [0.2, 0.25) is 0 Å². The van der Waals surface area contributed by atoms with Crippen LogP contribution in [0.1, 0.15) is 58.0 Å². The van der Waals surface area contributed by atoms with Gasteiger partial charge in [0.05, 0.1) is 5.69 Å². The Kier molecular flexibility index (Phi) is 2.83. The second-order valence-corrected chi connectivity index (χ2v) is 8.64. The van der Waals surface area contributed by atoms with Crippen LogP contribution >= 0.6 is 0 Å². The molecular formula is C20H27N3. The van der Waals surface area contributed by atoms with Gasteiger partial charge in [0.1, 0.15) is 5.82 Å². The van der Waals surface area contributed by atoms with Crippen LogP contribution in [0.4, 0.5) is 5.69 Å². The number of imidazole rings is 1. The van der Waals surface area contributed by atoms with Gasteiger partial charge in [0.25, 0.3) is 0 Å². The highest BCUT2D eigenvalue weighted by atomic mass is 15.3. The van der Waals surface area contributed by atoms with Gasteiger partial charge in [-0.05, 0) is 51.2 Å². The Morgan fingerprint density at radius 2 is 1.91 bits per heavy atom. The van der Waals surface area contributed by atoms with Crippen molar-refractivity contribution in [2.45, 2.75) is 66.0 Å². The first kappa shape index (κ1) is 14.8. The standard InChI is InChI=1S/C20H27N3/c1-13-7-8-16-15(11-17-21-9-10-22(16)17)18(13)23-14(2)19(3,4)12-20(23,5)6/h7-10,14H,11-12H2,1-6H3. The van der Waals surface area contributed by atoms with Crippen molar-refractivity contribution in [1.29, 1.82) is 0 Å². The summed E-state index contributed by atoms with van der Waals surface area (Å²) in [6.07, 6.45) is 6.15. The zero-order chi connectivity index (χ0) is 16.6. The maximum absolute atomic E-state index is 4.54. The van der Waals surface area contributed by atoms with Crippen LogP contribution in [0.3, 0.4) is 0 Å². The maximum atomic E-state index is 4.54. The van der Waals surface area contributed by atoms with E-state index in [1.807, 2.05) is 6.20 Å². The second kappa shape index (κ2) is 4.40. The van der Waals surface area contributed by atoms with Crippen LogP contribution in [0, 0.1) is 12.3 Å². The molecule has 3 nitrogen and oxygen atoms in total. The number of hydrogen-bond acceptors (Lipinski definition) is 2. The molecule has 23 heavy (non-hydrogen) atoms. The van der Waals surface area contributed by atoms with Crippen molar-refractivity contribution in [1.82, 2.24) is 9.55 Å². The fourth-order valence-electron chi connectivity index (χ4n) is 5.04. The van der Waals surface area contributed by atoms with Crippen molar-refractivity contribution in [3.8, 4) is 5.69 Å². The zero-order valence-electron chi connectivity index (χ0n) is 15.1. The molecule has 3 heteroatoms. The first-order valence-corrected chi connectivity index (χ1v) is 8.67. The minimum Gasteiger partial charge on any atom is -0.363 e. The number of aryl methyl sites for hydroxylation is 1. The molecule has 1 atom stereocenters. The van der Waals surface area contributed by atoms with Crippen molar-refractivity contribution < 1.29 is 0 Å². The average Bonchev–Trinajstić information content (AvgIpc) is 3.03. The van der Waals surface area contributed by atoms with Gasteiger partial charge in [-0.2, -0.15) is 0 Å². The molecule has 1 aromatic heterocycles. The summed E-state index contributed by atoms with van der Waals surface area (Å²) in [4.78, 5) is 7.23. The van der Waals surface area contributed by atoms with E-state index in [-0.39, 0.29) is 5.54 Å². The number of benzene rings is 1. The predicted octanol–water partition coefficient (Wildman–Crippen LogP) is 4.49. The van der Waals surface area contributed by atoms with Crippen molar-refractivity contribution >= 4 is 5.69 Å². The molecule has 0 aliphatic carbocycles. The van der Waals surface area contributed by atoms with Gasteiger partial charge in [-0.25, -0.2) is 4.98 Å². The second-order valence-electron chi connectivity index (χ2n) is 8.64. The van der Waals surface area contributed by atoms with E-state index in [9.17, 15) is 0 Å². The molecule has 0 saturated carbocycles. The molecule has 1 fully saturated rings. The van der Waals surface area contributed by atoms with E-state index in [0.29, 0.717) is 11.5 Å². The average molecular weight is 309 g/mol. The number of rotatable bonds is 1. The minimum absolute atomic E-state index is 0.174. The Balaban J connectivity index is 1.92. The normalized spacial score (nSPS) is 23.9. The molecule has 2 aliphatic heterocycles. The van der Waals surface area contributed by atoms with Gasteiger partial charge in [0.15, 0.2) is 0 Å². The van der Waals surface area contributed by atoms with E-state index in [0.717, 1.165) is 12.2 Å². The molecule has 0 amide bonds. The first-order chi connectivity index (χ1) is 10.7. The van der Waals surface area contributed by atoms with Crippen LogP contribution in [0.25, 0.3) is 5.69 Å². The van der Waals surface area contributed by atoms with Crippen molar-refractivity contribution in [2.75, 3.05) is 4.90 Å². The van der Waals surface area contributed by atoms with Crippen LogP contribution in [0.15, 0.2) is 24.5 Å². The summed E-state index contributed by atoms with van der Waals surface area (Å²) in [6.45, 7) is 14.2. The van der Waals surface area contributed by atoms with Crippen LogP contribution < -0.4 is 4.90 Å². The summed E-state index contributed by atoms with van der Waals surface area (Å²) in [5, 5.41) is 0. The van der Waals surface area contributed by atoms with E-state index in [1.165, 1.54) is 28.9 Å². The van der Waals surface area contributed by atoms with Crippen molar-refractivity contribution in [3.05, 3.63) is 41.5 Å². The van der Waals surface area contributed by atoms with Crippen LogP contribution in [-0.4, -0.2) is 21.1 Å². The highest BCUT2D eigenvalue weighted by molar-refractivity contribution is 5.71. The number of anilines is 1. The fraction of sp³-hybridized carbons (Fsp3) is 0.550. The van der Waals surface area contributed by atoms with Crippen molar-refractivity contribution in [2.24, 2.45) is 5.41 Å². The largest absolute Gasteiger partial charge is 0.363 e. The number of aromatic nitrogens is 2. The monoisotopic (exact) mass is 309 g/mol. The smallest absolute Gasteiger partial charge is 0.117 e. The number of hydrogen-bond donors (Lipinski definition) is 0. The lowest BCUT2D eigenvalue weighted by Crippen LogP contribution is -2.44. The van der Waals surface area contributed by atoms with E-state index >= 15 is 0 Å². The molecule has 3 heterocycles. The third-order valence-corrected chi connectivity index (χ3v) is 6.07. The van der Waals surface area contributed by atoms with Crippen LogP contribution in [0.2, 0.25) is 0 Å². The molecule has 0 spiro atoms. The van der Waals surface area contributed by atoms with Gasteiger partial charge in [0, 0.05) is 41.6 Å². The van der Waals surface area contributed by atoms with Gasteiger partial charge >= 0.3 is 0 Å². The number of nitrogens with zero attached hydrogens (tertiary/aromatic N) is 3. The lowest BCUT2D eigenvalue weighted by atomic mass is 9.82. The van der Waals surface area contributed by atoms with E-state index in [2.05, 4.69) is 74.3 Å². The van der Waals surface area contributed by atoms with E-state index in [1.54, 1.807) is 0 Å². The molecule has 2 aromatic rings. The molecule has 0 bridgehead atoms. The fourth-order valence-corrected chi connectivity index (χ4v) is 5.04. The lowest BCUT2D eigenvalue weighted by molar-refractivity contribution is 0.329. The van der Waals surface area contributed by atoms with Gasteiger partial charge in [-0.3, -0.25) is 0 Å². The third kappa shape index (κ3) is 1.92. The summed E-state index contributed by atoms with van der Waals surface area (Å²) >= 11 is 0. The Morgan fingerprint density at radius 3 is 2.57 bits per heavy atom. The molecule has 122 valence electrons. The SMILES string of the molecule is Cc1ccc2c(c1N1C(C)C(C)(C)CC1(C)C)Cc1nccn1-2. The molecule has 1 unspecified atom stereocenters. The van der Waals surface area contributed by atoms with E-state index in [4.69, 9.17) is 0 Å². The lowest BCUT2D eigenvalue weighted by Gasteiger charge is -2.40. The quantitative estimate of drug-likeness (QED) is 0.660. The third-order valence-electron chi connectivity index (χ3n) is 6.07. The summed E-state index contributed by atoms with van der Waals surface area (Å²) < 4.78 is 2.25. The molecule has 0 radical (unpaired) electrons.